The van der Waals surface area contributed by atoms with Crippen LogP contribution in [0.3, 0.4) is 0 Å². The largest absolute Gasteiger partial charge is 0.383 e. The highest BCUT2D eigenvalue weighted by Crippen LogP contribution is 2.24. The number of ether oxygens (including phenoxy) is 1. The average molecular weight is 260 g/mol. The van der Waals surface area contributed by atoms with Gasteiger partial charge in [-0.05, 0) is 36.9 Å². The molecule has 3 heteroatoms. The highest BCUT2D eigenvalue weighted by atomic mass is 16.5. The number of aromatic nitrogens is 1. The maximum atomic E-state index is 5.28. The Balaban J connectivity index is 2.32. The predicted molar refractivity (Wildman–Crippen MR) is 80.5 cm³/mol. The molecule has 0 bridgehead atoms. The second-order valence-electron chi connectivity index (χ2n) is 5.06. The summed E-state index contributed by atoms with van der Waals surface area (Å²) in [5, 5.41) is 4.79. The maximum absolute atomic E-state index is 5.28. The molecular formula is C16H24N2O. The van der Waals surface area contributed by atoms with Crippen LogP contribution in [0, 0.1) is 0 Å². The van der Waals surface area contributed by atoms with Crippen molar-refractivity contribution in [2.75, 3.05) is 20.3 Å². The number of methoxy groups -OCH3 is 1. The highest BCUT2D eigenvalue weighted by molar-refractivity contribution is 5.83. The molecule has 1 atom stereocenters. The molecule has 0 saturated carbocycles. The third kappa shape index (κ3) is 3.17. The second kappa shape index (κ2) is 6.73. The van der Waals surface area contributed by atoms with Gasteiger partial charge in [-0.25, -0.2) is 0 Å². The summed E-state index contributed by atoms with van der Waals surface area (Å²) >= 11 is 0. The lowest BCUT2D eigenvalue weighted by molar-refractivity contribution is 0.164. The van der Waals surface area contributed by atoms with Crippen molar-refractivity contribution in [3.63, 3.8) is 0 Å². The van der Waals surface area contributed by atoms with Crippen molar-refractivity contribution >= 4 is 10.9 Å². The fourth-order valence-corrected chi connectivity index (χ4v) is 2.53. The van der Waals surface area contributed by atoms with Gasteiger partial charge in [-0.15, -0.1) is 0 Å². The number of para-hydroxylation sites is 1. The van der Waals surface area contributed by atoms with E-state index in [2.05, 4.69) is 54.2 Å². The smallest absolute Gasteiger partial charge is 0.0667 e. The van der Waals surface area contributed by atoms with Crippen LogP contribution < -0.4 is 5.32 Å². The zero-order valence-corrected chi connectivity index (χ0v) is 12.1. The van der Waals surface area contributed by atoms with E-state index in [-0.39, 0.29) is 0 Å². The van der Waals surface area contributed by atoms with E-state index in [1.807, 2.05) is 0 Å². The molecule has 2 aromatic rings. The van der Waals surface area contributed by atoms with E-state index < -0.39 is 0 Å². The summed E-state index contributed by atoms with van der Waals surface area (Å²) in [4.78, 5) is 0. The summed E-state index contributed by atoms with van der Waals surface area (Å²) in [5.74, 6) is 0. The second-order valence-corrected chi connectivity index (χ2v) is 5.06. The lowest BCUT2D eigenvalue weighted by Gasteiger charge is -2.16. The van der Waals surface area contributed by atoms with Gasteiger partial charge in [0, 0.05) is 19.9 Å². The molecule has 19 heavy (non-hydrogen) atoms. The third-order valence-electron chi connectivity index (χ3n) is 3.45. The number of hydrogen-bond acceptors (Lipinski definition) is 2. The molecule has 104 valence electrons. The minimum atomic E-state index is 0.356. The molecule has 0 radical (unpaired) electrons. The zero-order valence-electron chi connectivity index (χ0n) is 12.1. The van der Waals surface area contributed by atoms with Crippen LogP contribution in [0.2, 0.25) is 0 Å². The molecule has 1 unspecified atom stereocenters. The Hall–Kier alpha value is -1.32. The molecule has 2 rings (SSSR count). The Bertz CT molecular complexity index is 518. The van der Waals surface area contributed by atoms with Crippen LogP contribution in [0.1, 0.15) is 31.9 Å². The quantitative estimate of drug-likeness (QED) is 0.773. The number of hydrogen-bond donors (Lipinski definition) is 1. The molecule has 0 aliphatic heterocycles. The van der Waals surface area contributed by atoms with Gasteiger partial charge in [0.25, 0.3) is 0 Å². The molecule has 0 saturated heterocycles. The van der Waals surface area contributed by atoms with E-state index in [0.717, 1.165) is 26.1 Å². The van der Waals surface area contributed by atoms with Gasteiger partial charge in [0.05, 0.1) is 18.2 Å². The predicted octanol–water partition coefficient (Wildman–Crippen LogP) is 3.35. The first-order valence-electron chi connectivity index (χ1n) is 7.06. The van der Waals surface area contributed by atoms with Crippen LogP contribution in [-0.2, 0) is 11.3 Å². The minimum absolute atomic E-state index is 0.356. The summed E-state index contributed by atoms with van der Waals surface area (Å²) < 4.78 is 7.60. The lowest BCUT2D eigenvalue weighted by Crippen LogP contribution is -2.16. The average Bonchev–Trinajstić information content (AvgIpc) is 2.84. The first kappa shape index (κ1) is 14.1. The molecular weight excluding hydrogens is 236 g/mol. The van der Waals surface area contributed by atoms with Crippen LogP contribution in [0.5, 0.6) is 0 Å². The molecule has 1 N–H and O–H groups in total. The summed E-state index contributed by atoms with van der Waals surface area (Å²) in [6.07, 6.45) is 3.33. The molecule has 0 aliphatic carbocycles. The first-order chi connectivity index (χ1) is 9.27. The first-order valence-corrected chi connectivity index (χ1v) is 7.06. The van der Waals surface area contributed by atoms with Gasteiger partial charge in [-0.3, -0.25) is 0 Å². The van der Waals surface area contributed by atoms with Gasteiger partial charge in [0.2, 0.25) is 0 Å². The molecule has 3 nitrogen and oxygen atoms in total. The Labute approximate surface area is 115 Å². The van der Waals surface area contributed by atoms with Crippen LogP contribution in [0.15, 0.2) is 30.5 Å². The zero-order chi connectivity index (χ0) is 13.7. The van der Waals surface area contributed by atoms with Crippen molar-refractivity contribution in [2.45, 2.75) is 32.9 Å². The summed E-state index contributed by atoms with van der Waals surface area (Å²) in [7, 11) is 1.76. The van der Waals surface area contributed by atoms with E-state index in [0.29, 0.717) is 6.04 Å². The topological polar surface area (TPSA) is 26.2 Å². The van der Waals surface area contributed by atoms with Crippen LogP contribution in [-0.4, -0.2) is 24.8 Å². The van der Waals surface area contributed by atoms with Gasteiger partial charge in [0.1, 0.15) is 0 Å². The fraction of sp³-hybridized carbons (Fsp3) is 0.500. The van der Waals surface area contributed by atoms with Crippen molar-refractivity contribution in [1.82, 2.24) is 9.88 Å². The minimum Gasteiger partial charge on any atom is -0.383 e. The van der Waals surface area contributed by atoms with Crippen molar-refractivity contribution in [1.29, 1.82) is 0 Å². The monoisotopic (exact) mass is 260 g/mol. The highest BCUT2D eigenvalue weighted by Gasteiger charge is 2.11. The SMILES string of the molecule is CCCNCc1cccc2ccn(C(C)COC)c12. The van der Waals surface area contributed by atoms with E-state index in [1.54, 1.807) is 7.11 Å². The van der Waals surface area contributed by atoms with Crippen molar-refractivity contribution < 1.29 is 4.74 Å². The van der Waals surface area contributed by atoms with E-state index in [9.17, 15) is 0 Å². The Morgan fingerprint density at radius 1 is 1.32 bits per heavy atom. The number of benzene rings is 1. The van der Waals surface area contributed by atoms with Crippen LogP contribution in [0.25, 0.3) is 10.9 Å². The molecule has 1 aromatic carbocycles. The van der Waals surface area contributed by atoms with Gasteiger partial charge < -0.3 is 14.6 Å². The Morgan fingerprint density at radius 3 is 2.89 bits per heavy atom. The number of rotatable bonds is 7. The number of nitrogens with one attached hydrogen (secondary N) is 1. The van der Waals surface area contributed by atoms with Crippen LogP contribution in [0.4, 0.5) is 0 Å². The van der Waals surface area contributed by atoms with Gasteiger partial charge in [0.15, 0.2) is 0 Å². The van der Waals surface area contributed by atoms with Crippen molar-refractivity contribution in [2.24, 2.45) is 0 Å². The van der Waals surface area contributed by atoms with Crippen LogP contribution >= 0.6 is 0 Å². The Morgan fingerprint density at radius 2 is 2.16 bits per heavy atom. The standard InChI is InChI=1S/C16H24N2O/c1-4-9-17-11-15-7-5-6-14-8-10-18(16(14)15)13(2)12-19-3/h5-8,10,13,17H,4,9,11-12H2,1-3H3. The number of nitrogens with zero attached hydrogens (tertiary/aromatic N) is 1. The molecule has 0 fully saturated rings. The molecule has 0 spiro atoms. The van der Waals surface area contributed by atoms with Crippen molar-refractivity contribution in [3.05, 3.63) is 36.0 Å². The fourth-order valence-electron chi connectivity index (χ4n) is 2.53. The van der Waals surface area contributed by atoms with E-state index >= 15 is 0 Å². The lowest BCUT2D eigenvalue weighted by atomic mass is 10.1. The molecule has 1 heterocycles. The van der Waals surface area contributed by atoms with Crippen molar-refractivity contribution in [3.8, 4) is 0 Å². The Kier molecular flexibility index (Phi) is 5.00. The van der Waals surface area contributed by atoms with Gasteiger partial charge >= 0.3 is 0 Å². The molecule has 1 aromatic heterocycles. The summed E-state index contributed by atoms with van der Waals surface area (Å²) in [6.45, 7) is 7.11. The summed E-state index contributed by atoms with van der Waals surface area (Å²) in [5.41, 5.74) is 2.69. The summed E-state index contributed by atoms with van der Waals surface area (Å²) in [6, 6.07) is 9.06. The number of fused-ring (bicyclic) bond motifs is 1. The van der Waals surface area contributed by atoms with Gasteiger partial charge in [-0.1, -0.05) is 25.1 Å². The normalized spacial score (nSPS) is 13.0. The third-order valence-corrected chi connectivity index (χ3v) is 3.45. The molecule has 0 aliphatic rings. The maximum Gasteiger partial charge on any atom is 0.0667 e. The molecule has 0 amide bonds. The van der Waals surface area contributed by atoms with Gasteiger partial charge in [-0.2, -0.15) is 0 Å². The van der Waals surface area contributed by atoms with E-state index in [1.165, 1.54) is 16.5 Å². The van der Waals surface area contributed by atoms with E-state index in [4.69, 9.17) is 4.74 Å².